The van der Waals surface area contributed by atoms with Crippen LogP contribution < -0.4 is 10.6 Å². The molecular formula is C45H64N4O13S. The van der Waals surface area contributed by atoms with E-state index in [0.29, 0.717) is 44.4 Å². The largest absolute Gasteiger partial charge is 0.464 e. The molecule has 6 atom stereocenters. The average Bonchev–Trinajstić information content (AvgIpc) is 3.90. The highest BCUT2D eigenvalue weighted by molar-refractivity contribution is 7.89. The minimum Gasteiger partial charge on any atom is -0.464 e. The van der Waals surface area contributed by atoms with Crippen molar-refractivity contribution in [2.45, 2.75) is 122 Å². The monoisotopic (exact) mass is 900 g/mol. The lowest BCUT2D eigenvalue weighted by Crippen LogP contribution is -2.53. The topological polar surface area (TPSA) is 216 Å². The van der Waals surface area contributed by atoms with E-state index in [1.54, 1.807) is 13.8 Å². The predicted octanol–water partition coefficient (Wildman–Crippen LogP) is 4.34. The number of rotatable bonds is 21. The molecule has 3 N–H and O–H groups in total. The Morgan fingerprint density at radius 1 is 0.937 bits per heavy atom. The van der Waals surface area contributed by atoms with Gasteiger partial charge in [-0.1, -0.05) is 77.1 Å². The minimum atomic E-state index is -4.14. The third kappa shape index (κ3) is 13.7. The first kappa shape index (κ1) is 49.4. The number of nitrogens with zero attached hydrogens (tertiary/aromatic N) is 2. The Balaban J connectivity index is 1.10. The molecule has 3 amide bonds. The van der Waals surface area contributed by atoms with Crippen molar-refractivity contribution >= 4 is 39.9 Å². The standard InChI is InChI=1S/C45H64N4O13S/c1-6-45(4,5)39(51)40(52)49-22-11-10-15-36(49)41(53)58-23-12-21-46-43(54)61-28-32-16-18-33(19-17-32)63(56,57)48(26-30(2)3)27-37(50)35(25-31-13-8-7-9-14-31)47-44(55)62-38-29-60-42-34(38)20-24-59-42/h7-9,13-14,16-19,30,34-38,42,50H,6,10-12,15,20-29H2,1-5H3,(H,46,54)(H,47,55). The molecule has 0 aliphatic carbocycles. The summed E-state index contributed by atoms with van der Waals surface area (Å²) in [7, 11) is -4.14. The number of alkyl carbamates (subject to hydrolysis) is 2. The maximum Gasteiger partial charge on any atom is 0.407 e. The van der Waals surface area contributed by atoms with Gasteiger partial charge in [-0.3, -0.25) is 9.59 Å². The second kappa shape index (κ2) is 22.8. The summed E-state index contributed by atoms with van der Waals surface area (Å²) < 4.78 is 56.9. The van der Waals surface area contributed by atoms with Gasteiger partial charge in [0.2, 0.25) is 15.8 Å². The van der Waals surface area contributed by atoms with Gasteiger partial charge in [0.25, 0.3) is 5.91 Å². The number of ketones is 1. The van der Waals surface area contributed by atoms with Crippen LogP contribution in [0.4, 0.5) is 9.59 Å². The number of likely N-dealkylation sites (tertiary alicyclic amines) is 1. The van der Waals surface area contributed by atoms with Gasteiger partial charge in [0.1, 0.15) is 18.8 Å². The van der Waals surface area contributed by atoms with Gasteiger partial charge in [-0.05, 0) is 74.1 Å². The van der Waals surface area contributed by atoms with E-state index >= 15 is 0 Å². The maximum atomic E-state index is 14.1. The molecule has 348 valence electrons. The summed E-state index contributed by atoms with van der Waals surface area (Å²) in [6.07, 6.45) is -0.210. The Bertz CT molecular complexity index is 1960. The van der Waals surface area contributed by atoms with Crippen LogP contribution in [0, 0.1) is 17.3 Å². The molecule has 3 fully saturated rings. The van der Waals surface area contributed by atoms with Gasteiger partial charge in [0, 0.05) is 31.6 Å². The lowest BCUT2D eigenvalue weighted by atomic mass is 9.84. The molecule has 3 aliphatic rings. The van der Waals surface area contributed by atoms with Crippen LogP contribution in [-0.2, 0) is 61.1 Å². The minimum absolute atomic E-state index is 0.0171. The van der Waals surface area contributed by atoms with Crippen molar-refractivity contribution in [1.82, 2.24) is 19.8 Å². The quantitative estimate of drug-likeness (QED) is 0.0689. The number of ether oxygens (including phenoxy) is 5. The molecule has 2 aromatic carbocycles. The van der Waals surface area contributed by atoms with Crippen LogP contribution in [0.2, 0.25) is 0 Å². The van der Waals surface area contributed by atoms with Gasteiger partial charge in [-0.15, -0.1) is 0 Å². The summed E-state index contributed by atoms with van der Waals surface area (Å²) in [6, 6.07) is 13.4. The Morgan fingerprint density at radius 2 is 1.67 bits per heavy atom. The van der Waals surface area contributed by atoms with E-state index in [-0.39, 0.29) is 69.0 Å². The highest BCUT2D eigenvalue weighted by Gasteiger charge is 2.44. The SMILES string of the molecule is CCC(C)(C)C(=O)C(=O)N1CCCCC1C(=O)OCCCNC(=O)OCc1ccc(S(=O)(=O)N(CC(C)C)CC(O)C(Cc2ccccc2)NC(=O)OC2COC3OCCC23)cc1. The summed E-state index contributed by atoms with van der Waals surface area (Å²) in [5.74, 6) is -1.96. The first-order valence-corrected chi connectivity index (χ1v) is 23.4. The van der Waals surface area contributed by atoms with Crippen molar-refractivity contribution < 1.29 is 61.2 Å². The van der Waals surface area contributed by atoms with Crippen molar-refractivity contribution in [3.05, 3.63) is 65.7 Å². The summed E-state index contributed by atoms with van der Waals surface area (Å²) in [6.45, 7) is 9.74. The molecule has 0 bridgehead atoms. The number of esters is 1. The van der Waals surface area contributed by atoms with Crippen molar-refractivity contribution in [3.63, 3.8) is 0 Å². The second-order valence-electron chi connectivity index (χ2n) is 17.4. The number of Topliss-reactive ketones (excluding diaryl/α,β-unsaturated/α-hetero) is 1. The molecule has 3 saturated heterocycles. The number of hydrogen-bond donors (Lipinski definition) is 3. The molecule has 63 heavy (non-hydrogen) atoms. The van der Waals surface area contributed by atoms with Crippen LogP contribution in [0.5, 0.6) is 0 Å². The van der Waals surface area contributed by atoms with Gasteiger partial charge in [-0.25, -0.2) is 22.8 Å². The molecule has 0 spiro atoms. The summed E-state index contributed by atoms with van der Waals surface area (Å²) in [4.78, 5) is 65.6. The summed E-state index contributed by atoms with van der Waals surface area (Å²) >= 11 is 0. The van der Waals surface area contributed by atoms with Crippen LogP contribution in [0.25, 0.3) is 0 Å². The fraction of sp³-hybridized carbons (Fsp3) is 0.622. The maximum absolute atomic E-state index is 14.1. The molecule has 2 aromatic rings. The van der Waals surface area contributed by atoms with Crippen LogP contribution in [0.3, 0.4) is 0 Å². The fourth-order valence-electron chi connectivity index (χ4n) is 7.67. The average molecular weight is 901 g/mol. The number of piperidine rings is 1. The van der Waals surface area contributed by atoms with Crippen molar-refractivity contribution in [2.75, 3.05) is 46.0 Å². The molecule has 0 saturated carbocycles. The molecule has 3 aliphatic heterocycles. The molecule has 17 nitrogen and oxygen atoms in total. The number of hydrogen-bond acceptors (Lipinski definition) is 13. The van der Waals surface area contributed by atoms with Gasteiger partial charge in [-0.2, -0.15) is 4.31 Å². The number of sulfonamides is 1. The molecule has 3 heterocycles. The molecule has 0 radical (unpaired) electrons. The van der Waals surface area contributed by atoms with E-state index in [9.17, 15) is 37.5 Å². The number of carbonyl (C=O) groups excluding carboxylic acids is 5. The van der Waals surface area contributed by atoms with E-state index < -0.39 is 75.9 Å². The van der Waals surface area contributed by atoms with Gasteiger partial charge in [0.15, 0.2) is 6.29 Å². The number of fused-ring (bicyclic) bond motifs is 1. The Morgan fingerprint density at radius 3 is 2.37 bits per heavy atom. The zero-order chi connectivity index (χ0) is 45.7. The van der Waals surface area contributed by atoms with Gasteiger partial charge in [0.05, 0.1) is 42.8 Å². The third-order valence-corrected chi connectivity index (χ3v) is 13.6. The van der Waals surface area contributed by atoms with Gasteiger partial charge < -0.3 is 44.3 Å². The van der Waals surface area contributed by atoms with E-state index in [4.69, 9.17) is 23.7 Å². The molecule has 6 unspecified atom stereocenters. The molecule has 18 heteroatoms. The number of benzene rings is 2. The van der Waals surface area contributed by atoms with Gasteiger partial charge >= 0.3 is 18.2 Å². The van der Waals surface area contributed by atoms with E-state index in [1.807, 2.05) is 51.1 Å². The Kier molecular flexibility index (Phi) is 17.9. The van der Waals surface area contributed by atoms with Crippen LogP contribution in [0.1, 0.15) is 84.3 Å². The summed E-state index contributed by atoms with van der Waals surface area (Å²) in [5, 5.41) is 17.0. The second-order valence-corrected chi connectivity index (χ2v) is 19.4. The van der Waals surface area contributed by atoms with Crippen LogP contribution >= 0.6 is 0 Å². The third-order valence-electron chi connectivity index (χ3n) is 11.8. The van der Waals surface area contributed by atoms with Crippen molar-refractivity contribution in [3.8, 4) is 0 Å². The van der Waals surface area contributed by atoms with E-state index in [0.717, 1.165) is 12.0 Å². The van der Waals surface area contributed by atoms with Crippen LogP contribution in [-0.4, -0.2) is 129 Å². The van der Waals surface area contributed by atoms with E-state index in [1.165, 1.54) is 33.5 Å². The number of amides is 3. The number of aliphatic hydroxyl groups excluding tert-OH is 1. The highest BCUT2D eigenvalue weighted by atomic mass is 32.2. The molecule has 0 aromatic heterocycles. The Hall–Kier alpha value is -4.62. The van der Waals surface area contributed by atoms with Crippen molar-refractivity contribution in [1.29, 1.82) is 0 Å². The number of nitrogens with one attached hydrogen (secondary N) is 2. The normalized spacial score (nSPS) is 21.0. The number of aliphatic hydroxyl groups is 1. The van der Waals surface area contributed by atoms with E-state index in [2.05, 4.69) is 10.6 Å². The first-order valence-electron chi connectivity index (χ1n) is 21.9. The summed E-state index contributed by atoms with van der Waals surface area (Å²) in [5.41, 5.74) is 0.517. The highest BCUT2D eigenvalue weighted by Crippen LogP contribution is 2.33. The first-order chi connectivity index (χ1) is 30.0. The predicted molar refractivity (Wildman–Crippen MR) is 229 cm³/mol. The lowest BCUT2D eigenvalue weighted by Gasteiger charge is -2.35. The zero-order valence-electron chi connectivity index (χ0n) is 37.0. The molecule has 5 rings (SSSR count). The van der Waals surface area contributed by atoms with Crippen LogP contribution in [0.15, 0.2) is 59.5 Å². The Labute approximate surface area is 370 Å². The smallest absolute Gasteiger partial charge is 0.407 e. The lowest BCUT2D eigenvalue weighted by molar-refractivity contribution is -0.161. The van der Waals surface area contributed by atoms with Crippen molar-refractivity contribution in [2.24, 2.45) is 17.3 Å². The fourth-order valence-corrected chi connectivity index (χ4v) is 9.30. The zero-order valence-corrected chi connectivity index (χ0v) is 37.8. The number of carbonyl (C=O) groups is 5. The molecular weight excluding hydrogens is 837 g/mol.